The van der Waals surface area contributed by atoms with Crippen molar-refractivity contribution in [2.45, 2.75) is 25.9 Å². The van der Waals surface area contributed by atoms with Crippen LogP contribution in [-0.4, -0.2) is 27.8 Å². The van der Waals surface area contributed by atoms with Crippen molar-refractivity contribution in [1.82, 2.24) is 14.8 Å². The summed E-state index contributed by atoms with van der Waals surface area (Å²) in [4.78, 5) is 17.6. The number of anilines is 1. The van der Waals surface area contributed by atoms with Crippen LogP contribution in [0.25, 0.3) is 15.3 Å². The Labute approximate surface area is 212 Å². The van der Waals surface area contributed by atoms with Gasteiger partial charge in [-0.25, -0.2) is 4.98 Å². The minimum Gasteiger partial charge on any atom is -0.493 e. The SMILES string of the molecule is COc1cccc(C2CC(=O)Nc3c2cnn3-c2nc3ccccc3s2)c1OCc1cccc(C)c1. The Morgan fingerprint density at radius 2 is 1.94 bits per heavy atom. The molecule has 0 radical (unpaired) electrons. The van der Waals surface area contributed by atoms with Crippen LogP contribution in [0.2, 0.25) is 0 Å². The first-order valence-electron chi connectivity index (χ1n) is 11.7. The number of carbonyl (C=O) groups excluding carboxylic acids is 1. The summed E-state index contributed by atoms with van der Waals surface area (Å²) in [5.74, 6) is 1.59. The van der Waals surface area contributed by atoms with E-state index in [1.165, 1.54) is 16.9 Å². The van der Waals surface area contributed by atoms with Crippen LogP contribution in [0.15, 0.2) is 72.9 Å². The number of nitrogens with zero attached hydrogens (tertiary/aromatic N) is 3. The third-order valence-electron chi connectivity index (χ3n) is 6.35. The predicted octanol–water partition coefficient (Wildman–Crippen LogP) is 5.85. The summed E-state index contributed by atoms with van der Waals surface area (Å²) in [6.45, 7) is 2.45. The Hall–Kier alpha value is -4.17. The van der Waals surface area contributed by atoms with Crippen LogP contribution >= 0.6 is 11.3 Å². The predicted molar refractivity (Wildman–Crippen MR) is 140 cm³/mol. The molecule has 1 atom stereocenters. The van der Waals surface area contributed by atoms with Gasteiger partial charge in [0.1, 0.15) is 12.4 Å². The number of methoxy groups -OCH3 is 1. The minimum absolute atomic E-state index is 0.0807. The molecule has 0 bridgehead atoms. The average molecular weight is 497 g/mol. The van der Waals surface area contributed by atoms with Crippen LogP contribution in [-0.2, 0) is 11.4 Å². The summed E-state index contributed by atoms with van der Waals surface area (Å²) in [7, 11) is 1.63. The molecule has 0 saturated heterocycles. The third-order valence-corrected chi connectivity index (χ3v) is 7.37. The summed E-state index contributed by atoms with van der Waals surface area (Å²) >= 11 is 1.54. The summed E-state index contributed by atoms with van der Waals surface area (Å²) in [6.07, 6.45) is 2.10. The van der Waals surface area contributed by atoms with E-state index in [2.05, 4.69) is 29.5 Å². The Morgan fingerprint density at radius 1 is 1.08 bits per heavy atom. The van der Waals surface area contributed by atoms with Gasteiger partial charge < -0.3 is 14.8 Å². The highest BCUT2D eigenvalue weighted by Crippen LogP contribution is 2.45. The van der Waals surface area contributed by atoms with Gasteiger partial charge in [-0.05, 0) is 30.7 Å². The summed E-state index contributed by atoms with van der Waals surface area (Å²) in [5.41, 5.74) is 4.95. The summed E-state index contributed by atoms with van der Waals surface area (Å²) < 4.78 is 14.8. The number of aromatic nitrogens is 3. The van der Waals surface area contributed by atoms with Gasteiger partial charge in [0, 0.05) is 23.5 Å². The van der Waals surface area contributed by atoms with Gasteiger partial charge >= 0.3 is 0 Å². The Balaban J connectivity index is 1.40. The lowest BCUT2D eigenvalue weighted by Gasteiger charge is -2.26. The molecule has 36 heavy (non-hydrogen) atoms. The van der Waals surface area contributed by atoms with Crippen LogP contribution in [0.5, 0.6) is 11.5 Å². The van der Waals surface area contributed by atoms with Crippen molar-refractivity contribution in [1.29, 1.82) is 0 Å². The van der Waals surface area contributed by atoms with E-state index in [-0.39, 0.29) is 18.2 Å². The summed E-state index contributed by atoms with van der Waals surface area (Å²) in [5, 5.41) is 8.35. The lowest BCUT2D eigenvalue weighted by molar-refractivity contribution is -0.116. The molecule has 8 heteroatoms. The van der Waals surface area contributed by atoms with Gasteiger partial charge in [-0.15, -0.1) is 0 Å². The Bertz CT molecular complexity index is 1560. The topological polar surface area (TPSA) is 78.3 Å². The Kier molecular flexibility index (Phi) is 5.65. The minimum atomic E-state index is -0.237. The van der Waals surface area contributed by atoms with E-state index in [0.29, 0.717) is 29.1 Å². The number of fused-ring (bicyclic) bond motifs is 2. The maximum atomic E-state index is 12.9. The molecule has 6 rings (SSSR count). The second-order valence-corrected chi connectivity index (χ2v) is 9.79. The Morgan fingerprint density at radius 3 is 2.78 bits per heavy atom. The van der Waals surface area contributed by atoms with Gasteiger partial charge in [-0.2, -0.15) is 9.78 Å². The van der Waals surface area contributed by atoms with Crippen molar-refractivity contribution in [3.8, 4) is 16.6 Å². The molecule has 1 unspecified atom stereocenters. The number of aryl methyl sites for hydroxylation is 1. The molecule has 7 nitrogen and oxygen atoms in total. The zero-order valence-corrected chi connectivity index (χ0v) is 20.7. The van der Waals surface area contributed by atoms with Crippen molar-refractivity contribution in [2.24, 2.45) is 0 Å². The number of benzene rings is 3. The van der Waals surface area contributed by atoms with E-state index in [0.717, 1.165) is 26.9 Å². The lowest BCUT2D eigenvalue weighted by atomic mass is 9.86. The molecule has 5 aromatic rings. The van der Waals surface area contributed by atoms with E-state index < -0.39 is 0 Å². The zero-order valence-electron chi connectivity index (χ0n) is 19.9. The van der Waals surface area contributed by atoms with Gasteiger partial charge in [0.2, 0.25) is 11.0 Å². The van der Waals surface area contributed by atoms with E-state index >= 15 is 0 Å². The van der Waals surface area contributed by atoms with Crippen molar-refractivity contribution in [2.75, 3.05) is 12.4 Å². The molecule has 1 aliphatic rings. The maximum Gasteiger partial charge on any atom is 0.226 e. The molecule has 3 heterocycles. The molecule has 0 spiro atoms. The molecule has 0 saturated carbocycles. The van der Waals surface area contributed by atoms with Gasteiger partial charge in [0.25, 0.3) is 0 Å². The van der Waals surface area contributed by atoms with Crippen LogP contribution in [0.1, 0.15) is 34.6 Å². The average Bonchev–Trinajstić information content (AvgIpc) is 3.50. The first-order chi connectivity index (χ1) is 17.6. The third kappa shape index (κ3) is 3.99. The number of amides is 1. The van der Waals surface area contributed by atoms with Gasteiger partial charge in [-0.3, -0.25) is 4.79 Å². The van der Waals surface area contributed by atoms with Crippen LogP contribution in [0.4, 0.5) is 5.82 Å². The number of thiazole rings is 1. The van der Waals surface area contributed by atoms with Crippen molar-refractivity contribution >= 4 is 33.3 Å². The number of hydrogen-bond donors (Lipinski definition) is 1. The number of rotatable bonds is 6. The summed E-state index contributed by atoms with van der Waals surface area (Å²) in [6, 6.07) is 22.0. The van der Waals surface area contributed by atoms with E-state index in [1.807, 2.05) is 60.8 Å². The zero-order chi connectivity index (χ0) is 24.6. The van der Waals surface area contributed by atoms with E-state index in [4.69, 9.17) is 14.5 Å². The highest BCUT2D eigenvalue weighted by molar-refractivity contribution is 7.20. The van der Waals surface area contributed by atoms with Crippen molar-refractivity contribution < 1.29 is 14.3 Å². The molecule has 1 N–H and O–H groups in total. The number of nitrogens with one attached hydrogen (secondary N) is 1. The second kappa shape index (κ2) is 9.13. The highest BCUT2D eigenvalue weighted by atomic mass is 32.1. The normalized spacial score (nSPS) is 14.9. The monoisotopic (exact) mass is 496 g/mol. The van der Waals surface area contributed by atoms with Crippen molar-refractivity contribution in [3.05, 3.63) is 95.2 Å². The number of para-hydroxylation sites is 2. The molecule has 2 aromatic heterocycles. The fourth-order valence-electron chi connectivity index (χ4n) is 4.67. The molecule has 0 aliphatic carbocycles. The molecule has 0 fully saturated rings. The molecular weight excluding hydrogens is 472 g/mol. The quantitative estimate of drug-likeness (QED) is 0.319. The standard InChI is InChI=1S/C28H24N4O3S/c1-17-7-5-8-18(13-17)16-35-26-19(9-6-11-23(26)34-2)20-14-25(33)31-27-21(20)15-29-32(27)28-30-22-10-3-4-12-24(22)36-28/h3-13,15,20H,14,16H2,1-2H3,(H,31,33). The maximum absolute atomic E-state index is 12.9. The molecule has 180 valence electrons. The van der Waals surface area contributed by atoms with E-state index in [9.17, 15) is 4.79 Å². The van der Waals surface area contributed by atoms with Gasteiger partial charge in [0.05, 0.1) is 23.5 Å². The number of hydrogen-bond acceptors (Lipinski definition) is 6. The highest BCUT2D eigenvalue weighted by Gasteiger charge is 2.33. The fourth-order valence-corrected chi connectivity index (χ4v) is 5.60. The van der Waals surface area contributed by atoms with Crippen LogP contribution < -0.4 is 14.8 Å². The van der Waals surface area contributed by atoms with Crippen LogP contribution in [0.3, 0.4) is 0 Å². The van der Waals surface area contributed by atoms with Gasteiger partial charge in [-0.1, -0.05) is 65.4 Å². The molecule has 1 aliphatic heterocycles. The van der Waals surface area contributed by atoms with E-state index in [1.54, 1.807) is 11.8 Å². The van der Waals surface area contributed by atoms with Crippen LogP contribution in [0, 0.1) is 6.92 Å². The fraction of sp³-hybridized carbons (Fsp3) is 0.179. The number of ether oxygens (including phenoxy) is 2. The lowest BCUT2D eigenvalue weighted by Crippen LogP contribution is -2.25. The first-order valence-corrected chi connectivity index (χ1v) is 12.5. The molecule has 1 amide bonds. The molecule has 3 aromatic carbocycles. The van der Waals surface area contributed by atoms with Crippen molar-refractivity contribution in [3.63, 3.8) is 0 Å². The number of carbonyl (C=O) groups is 1. The first kappa shape index (κ1) is 22.3. The largest absolute Gasteiger partial charge is 0.493 e. The second-order valence-electron chi connectivity index (χ2n) is 8.79. The van der Waals surface area contributed by atoms with Gasteiger partial charge in [0.15, 0.2) is 11.5 Å². The smallest absolute Gasteiger partial charge is 0.226 e. The molecular formula is C28H24N4O3S.